The zero-order chi connectivity index (χ0) is 13.0. The van der Waals surface area contributed by atoms with Crippen molar-refractivity contribution in [2.75, 3.05) is 0 Å². The van der Waals surface area contributed by atoms with Crippen LogP contribution >= 0.6 is 0 Å². The van der Waals surface area contributed by atoms with Crippen molar-refractivity contribution in [1.82, 2.24) is 10.3 Å². The van der Waals surface area contributed by atoms with E-state index < -0.39 is 0 Å². The van der Waals surface area contributed by atoms with Crippen molar-refractivity contribution in [2.45, 2.75) is 45.2 Å². The standard InChI is InChI=1S/C14H21N3O/c1-10-6-7-16-8-12(10)9-17-13-4-2-11(3-5-13)14(15)18/h6-8,11,13,17H,2-5,9H2,1H3,(H2,15,18). The molecule has 0 bridgehead atoms. The molecule has 0 spiro atoms. The minimum absolute atomic E-state index is 0.0863. The quantitative estimate of drug-likeness (QED) is 0.847. The van der Waals surface area contributed by atoms with E-state index >= 15 is 0 Å². The lowest BCUT2D eigenvalue weighted by Gasteiger charge is -2.27. The minimum Gasteiger partial charge on any atom is -0.369 e. The van der Waals surface area contributed by atoms with Crippen LogP contribution in [0, 0.1) is 12.8 Å². The summed E-state index contributed by atoms with van der Waals surface area (Å²) in [5, 5.41) is 3.55. The maximum atomic E-state index is 11.1. The van der Waals surface area contributed by atoms with Crippen LogP contribution in [-0.4, -0.2) is 16.9 Å². The first-order valence-corrected chi connectivity index (χ1v) is 6.59. The Kier molecular flexibility index (Phi) is 4.31. The minimum atomic E-state index is -0.142. The van der Waals surface area contributed by atoms with Crippen molar-refractivity contribution < 1.29 is 4.79 Å². The molecule has 1 fully saturated rings. The predicted molar refractivity (Wildman–Crippen MR) is 70.8 cm³/mol. The number of aromatic nitrogens is 1. The zero-order valence-electron chi connectivity index (χ0n) is 10.9. The van der Waals surface area contributed by atoms with E-state index in [9.17, 15) is 4.79 Å². The molecule has 0 saturated heterocycles. The third kappa shape index (κ3) is 3.29. The van der Waals surface area contributed by atoms with Crippen LogP contribution in [0.2, 0.25) is 0 Å². The van der Waals surface area contributed by atoms with Gasteiger partial charge < -0.3 is 11.1 Å². The molecule has 1 saturated carbocycles. The first-order chi connectivity index (χ1) is 8.66. The maximum absolute atomic E-state index is 11.1. The molecule has 1 aliphatic carbocycles. The molecule has 1 heterocycles. The van der Waals surface area contributed by atoms with Gasteiger partial charge in [0.1, 0.15) is 0 Å². The van der Waals surface area contributed by atoms with Gasteiger partial charge >= 0.3 is 0 Å². The monoisotopic (exact) mass is 247 g/mol. The number of rotatable bonds is 4. The van der Waals surface area contributed by atoms with E-state index in [1.165, 1.54) is 11.1 Å². The number of nitrogens with zero attached hydrogens (tertiary/aromatic N) is 1. The van der Waals surface area contributed by atoms with Crippen LogP contribution in [0.15, 0.2) is 18.5 Å². The summed E-state index contributed by atoms with van der Waals surface area (Å²) >= 11 is 0. The smallest absolute Gasteiger partial charge is 0.220 e. The van der Waals surface area contributed by atoms with Crippen molar-refractivity contribution in [3.63, 3.8) is 0 Å². The Morgan fingerprint density at radius 2 is 2.17 bits per heavy atom. The fourth-order valence-corrected chi connectivity index (χ4v) is 2.52. The number of carbonyl (C=O) groups is 1. The van der Waals surface area contributed by atoms with Crippen LogP contribution in [0.3, 0.4) is 0 Å². The summed E-state index contributed by atoms with van der Waals surface area (Å²) in [6, 6.07) is 2.53. The molecule has 1 aliphatic rings. The number of aryl methyl sites for hydroxylation is 1. The van der Waals surface area contributed by atoms with Gasteiger partial charge in [-0.3, -0.25) is 9.78 Å². The van der Waals surface area contributed by atoms with Gasteiger partial charge in [-0.2, -0.15) is 0 Å². The van der Waals surface area contributed by atoms with E-state index in [1.54, 1.807) is 0 Å². The molecule has 3 N–H and O–H groups in total. The number of primary amides is 1. The highest BCUT2D eigenvalue weighted by molar-refractivity contribution is 5.76. The number of pyridine rings is 1. The van der Waals surface area contributed by atoms with Gasteiger partial charge in [-0.15, -0.1) is 0 Å². The first-order valence-electron chi connectivity index (χ1n) is 6.59. The van der Waals surface area contributed by atoms with Crippen molar-refractivity contribution in [1.29, 1.82) is 0 Å². The fraction of sp³-hybridized carbons (Fsp3) is 0.571. The van der Waals surface area contributed by atoms with Crippen LogP contribution in [0.25, 0.3) is 0 Å². The third-order valence-electron chi connectivity index (χ3n) is 3.86. The zero-order valence-corrected chi connectivity index (χ0v) is 10.9. The molecule has 18 heavy (non-hydrogen) atoms. The van der Waals surface area contributed by atoms with Crippen LogP contribution in [0.4, 0.5) is 0 Å². The van der Waals surface area contributed by atoms with E-state index in [1.807, 2.05) is 18.5 Å². The summed E-state index contributed by atoms with van der Waals surface area (Å²) in [5.74, 6) is -0.0558. The second kappa shape index (κ2) is 5.96. The first kappa shape index (κ1) is 13.0. The third-order valence-corrected chi connectivity index (χ3v) is 3.86. The summed E-state index contributed by atoms with van der Waals surface area (Å²) in [7, 11) is 0. The van der Waals surface area contributed by atoms with Crippen LogP contribution < -0.4 is 11.1 Å². The van der Waals surface area contributed by atoms with Crippen LogP contribution in [0.5, 0.6) is 0 Å². The lowest BCUT2D eigenvalue weighted by Crippen LogP contribution is -2.36. The number of hydrogen-bond acceptors (Lipinski definition) is 3. The van der Waals surface area contributed by atoms with Gasteiger partial charge in [0.2, 0.25) is 5.91 Å². The lowest BCUT2D eigenvalue weighted by molar-refractivity contribution is -0.122. The average molecular weight is 247 g/mol. The van der Waals surface area contributed by atoms with E-state index in [-0.39, 0.29) is 11.8 Å². The molecule has 0 aromatic carbocycles. The molecule has 1 amide bonds. The normalized spacial score (nSPS) is 23.8. The van der Waals surface area contributed by atoms with E-state index in [2.05, 4.69) is 17.2 Å². The molecule has 0 unspecified atom stereocenters. The molecule has 1 aromatic rings. The highest BCUT2D eigenvalue weighted by Crippen LogP contribution is 2.24. The average Bonchev–Trinajstić information content (AvgIpc) is 2.38. The maximum Gasteiger partial charge on any atom is 0.220 e. The molecule has 98 valence electrons. The molecule has 1 aromatic heterocycles. The number of nitrogens with two attached hydrogens (primary N) is 1. The van der Waals surface area contributed by atoms with Gasteiger partial charge in [-0.25, -0.2) is 0 Å². The van der Waals surface area contributed by atoms with Gasteiger partial charge in [0.15, 0.2) is 0 Å². The van der Waals surface area contributed by atoms with Gasteiger partial charge in [-0.05, 0) is 49.8 Å². The Labute approximate surface area is 108 Å². The Bertz CT molecular complexity index is 411. The number of carbonyl (C=O) groups excluding carboxylic acids is 1. The molecule has 0 atom stereocenters. The van der Waals surface area contributed by atoms with E-state index in [0.29, 0.717) is 6.04 Å². The van der Waals surface area contributed by atoms with Crippen LogP contribution in [0.1, 0.15) is 36.8 Å². The van der Waals surface area contributed by atoms with Gasteiger partial charge in [-0.1, -0.05) is 0 Å². The van der Waals surface area contributed by atoms with Crippen molar-refractivity contribution in [3.8, 4) is 0 Å². The topological polar surface area (TPSA) is 68.0 Å². The summed E-state index contributed by atoms with van der Waals surface area (Å²) in [6.07, 6.45) is 7.63. The predicted octanol–water partition coefficient (Wildman–Crippen LogP) is 1.52. The SMILES string of the molecule is Cc1ccncc1CNC1CCC(C(N)=O)CC1. The second-order valence-corrected chi connectivity index (χ2v) is 5.13. The summed E-state index contributed by atoms with van der Waals surface area (Å²) in [5.41, 5.74) is 7.84. The largest absolute Gasteiger partial charge is 0.369 e. The lowest BCUT2D eigenvalue weighted by atomic mass is 9.85. The Morgan fingerprint density at radius 3 is 2.78 bits per heavy atom. The van der Waals surface area contributed by atoms with E-state index in [0.717, 1.165) is 32.2 Å². The molecule has 2 rings (SSSR count). The number of amides is 1. The molecule has 0 radical (unpaired) electrons. The highest BCUT2D eigenvalue weighted by Gasteiger charge is 2.24. The Morgan fingerprint density at radius 1 is 1.44 bits per heavy atom. The molecule has 4 nitrogen and oxygen atoms in total. The summed E-state index contributed by atoms with van der Waals surface area (Å²) < 4.78 is 0. The number of nitrogens with one attached hydrogen (secondary N) is 1. The highest BCUT2D eigenvalue weighted by atomic mass is 16.1. The fourth-order valence-electron chi connectivity index (χ4n) is 2.52. The van der Waals surface area contributed by atoms with Crippen LogP contribution in [-0.2, 0) is 11.3 Å². The molecular formula is C14H21N3O. The van der Waals surface area contributed by atoms with Crippen molar-refractivity contribution in [3.05, 3.63) is 29.6 Å². The summed E-state index contributed by atoms with van der Waals surface area (Å²) in [6.45, 7) is 2.95. The van der Waals surface area contributed by atoms with Gasteiger partial charge in [0.25, 0.3) is 0 Å². The van der Waals surface area contributed by atoms with Crippen molar-refractivity contribution >= 4 is 5.91 Å². The molecule has 0 aliphatic heterocycles. The summed E-state index contributed by atoms with van der Waals surface area (Å²) in [4.78, 5) is 15.2. The van der Waals surface area contributed by atoms with E-state index in [4.69, 9.17) is 5.73 Å². The Balaban J connectivity index is 1.79. The molecule has 4 heteroatoms. The van der Waals surface area contributed by atoms with Gasteiger partial charge in [0, 0.05) is 30.9 Å². The number of hydrogen-bond donors (Lipinski definition) is 2. The molecular weight excluding hydrogens is 226 g/mol. The Hall–Kier alpha value is -1.42. The second-order valence-electron chi connectivity index (χ2n) is 5.13. The van der Waals surface area contributed by atoms with Crippen molar-refractivity contribution in [2.24, 2.45) is 11.7 Å². The van der Waals surface area contributed by atoms with Gasteiger partial charge in [0.05, 0.1) is 0 Å².